The van der Waals surface area contributed by atoms with E-state index in [2.05, 4.69) is 24.1 Å². The topological polar surface area (TPSA) is 76.3 Å². The summed E-state index contributed by atoms with van der Waals surface area (Å²) in [6, 6.07) is 7.59. The van der Waals surface area contributed by atoms with E-state index >= 15 is 0 Å². The Bertz CT molecular complexity index is 1140. The lowest BCUT2D eigenvalue weighted by Gasteiger charge is -2.22. The Morgan fingerprint density at radius 1 is 1.18 bits per heavy atom. The standard InChI is InChI=1S/C20H24N4O3S/c1-5-23(6-2)14-7-8-15(13(3)11-14)21-17(25)12-24-16-9-10-28-18(16)19(26)22(4)20(24)27/h7-11H,5-6,12H2,1-4H3,(H,21,25). The Morgan fingerprint density at radius 3 is 2.54 bits per heavy atom. The normalized spacial score (nSPS) is 11.0. The molecular formula is C20H24N4O3S. The summed E-state index contributed by atoms with van der Waals surface area (Å²) in [6.45, 7) is 7.81. The number of aryl methyl sites for hydroxylation is 1. The number of carbonyl (C=O) groups is 1. The molecule has 0 spiro atoms. The molecule has 0 aliphatic carbocycles. The minimum atomic E-state index is -0.500. The molecule has 0 saturated heterocycles. The van der Waals surface area contributed by atoms with E-state index < -0.39 is 5.69 Å². The highest BCUT2D eigenvalue weighted by atomic mass is 32.1. The zero-order chi connectivity index (χ0) is 20.4. The van der Waals surface area contributed by atoms with E-state index in [0.717, 1.165) is 28.9 Å². The minimum Gasteiger partial charge on any atom is -0.372 e. The number of amides is 1. The monoisotopic (exact) mass is 400 g/mol. The first-order valence-electron chi connectivity index (χ1n) is 9.19. The van der Waals surface area contributed by atoms with Gasteiger partial charge in [-0.2, -0.15) is 0 Å². The van der Waals surface area contributed by atoms with Crippen LogP contribution >= 0.6 is 11.3 Å². The molecule has 0 fully saturated rings. The second-order valence-electron chi connectivity index (χ2n) is 6.59. The third-order valence-corrected chi connectivity index (χ3v) is 5.76. The van der Waals surface area contributed by atoms with Crippen molar-refractivity contribution in [3.8, 4) is 0 Å². The number of rotatable bonds is 6. The molecule has 28 heavy (non-hydrogen) atoms. The van der Waals surface area contributed by atoms with E-state index in [4.69, 9.17) is 0 Å². The molecule has 2 aromatic heterocycles. The first-order valence-corrected chi connectivity index (χ1v) is 10.1. The molecule has 3 rings (SSSR count). The predicted molar refractivity (Wildman–Crippen MR) is 115 cm³/mol. The second kappa shape index (κ2) is 8.02. The van der Waals surface area contributed by atoms with Crippen LogP contribution in [0.25, 0.3) is 10.2 Å². The zero-order valence-corrected chi connectivity index (χ0v) is 17.3. The number of nitrogens with one attached hydrogen (secondary N) is 1. The molecule has 0 bridgehead atoms. The van der Waals surface area contributed by atoms with E-state index in [-0.39, 0.29) is 18.0 Å². The third kappa shape index (κ3) is 3.60. The van der Waals surface area contributed by atoms with Crippen molar-refractivity contribution in [3.05, 3.63) is 56.0 Å². The first-order chi connectivity index (χ1) is 13.4. The third-order valence-electron chi connectivity index (χ3n) is 4.87. The van der Waals surface area contributed by atoms with Crippen molar-refractivity contribution in [2.45, 2.75) is 27.3 Å². The van der Waals surface area contributed by atoms with Gasteiger partial charge in [-0.05, 0) is 56.0 Å². The molecule has 8 heteroatoms. The molecule has 1 aromatic carbocycles. The van der Waals surface area contributed by atoms with Crippen LogP contribution in [0.3, 0.4) is 0 Å². The fraction of sp³-hybridized carbons (Fsp3) is 0.350. The van der Waals surface area contributed by atoms with E-state index in [1.165, 1.54) is 23.0 Å². The summed E-state index contributed by atoms with van der Waals surface area (Å²) in [5, 5.41) is 4.62. The van der Waals surface area contributed by atoms with Crippen LogP contribution in [0.5, 0.6) is 0 Å². The average Bonchev–Trinajstić information content (AvgIpc) is 3.16. The van der Waals surface area contributed by atoms with Gasteiger partial charge < -0.3 is 10.2 Å². The second-order valence-corrected chi connectivity index (χ2v) is 7.50. The first kappa shape index (κ1) is 19.9. The summed E-state index contributed by atoms with van der Waals surface area (Å²) in [5.41, 5.74) is 2.41. The van der Waals surface area contributed by atoms with Gasteiger partial charge in [0.25, 0.3) is 5.56 Å². The molecular weight excluding hydrogens is 376 g/mol. The quantitative estimate of drug-likeness (QED) is 0.690. The van der Waals surface area contributed by atoms with Crippen molar-refractivity contribution < 1.29 is 4.79 Å². The lowest BCUT2D eigenvalue weighted by molar-refractivity contribution is -0.116. The lowest BCUT2D eigenvalue weighted by Crippen LogP contribution is -2.39. The van der Waals surface area contributed by atoms with E-state index in [1.807, 2.05) is 25.1 Å². The van der Waals surface area contributed by atoms with Crippen molar-refractivity contribution in [2.24, 2.45) is 7.05 Å². The summed E-state index contributed by atoms with van der Waals surface area (Å²) in [5.74, 6) is -0.313. The maximum atomic E-state index is 12.6. The van der Waals surface area contributed by atoms with Gasteiger partial charge in [-0.25, -0.2) is 4.79 Å². The van der Waals surface area contributed by atoms with Gasteiger partial charge in [0, 0.05) is 31.5 Å². The van der Waals surface area contributed by atoms with E-state index in [9.17, 15) is 14.4 Å². The number of carbonyl (C=O) groups excluding carboxylic acids is 1. The Morgan fingerprint density at radius 2 is 1.89 bits per heavy atom. The Kier molecular flexibility index (Phi) is 5.69. The van der Waals surface area contributed by atoms with Crippen LogP contribution in [0.15, 0.2) is 39.2 Å². The maximum Gasteiger partial charge on any atom is 0.331 e. The van der Waals surface area contributed by atoms with Crippen molar-refractivity contribution >= 4 is 38.8 Å². The van der Waals surface area contributed by atoms with Crippen molar-refractivity contribution in [2.75, 3.05) is 23.3 Å². The summed E-state index contributed by atoms with van der Waals surface area (Å²) in [6.07, 6.45) is 0. The fourth-order valence-corrected chi connectivity index (χ4v) is 4.13. The van der Waals surface area contributed by atoms with Crippen LogP contribution in [0, 0.1) is 6.92 Å². The molecule has 1 N–H and O–H groups in total. The Labute approximate surface area is 166 Å². The van der Waals surface area contributed by atoms with Gasteiger partial charge in [-0.15, -0.1) is 11.3 Å². The molecule has 0 atom stereocenters. The number of hydrogen-bond donors (Lipinski definition) is 1. The molecule has 0 aliphatic rings. The molecule has 0 saturated carbocycles. The highest BCUT2D eigenvalue weighted by Crippen LogP contribution is 2.23. The molecule has 3 aromatic rings. The molecule has 0 unspecified atom stereocenters. The van der Waals surface area contributed by atoms with Gasteiger partial charge in [0.2, 0.25) is 5.91 Å². The van der Waals surface area contributed by atoms with Crippen LogP contribution in [0.2, 0.25) is 0 Å². The highest BCUT2D eigenvalue weighted by Gasteiger charge is 2.15. The van der Waals surface area contributed by atoms with Crippen molar-refractivity contribution in [1.29, 1.82) is 0 Å². The number of hydrogen-bond acceptors (Lipinski definition) is 5. The SMILES string of the molecule is CCN(CC)c1ccc(NC(=O)Cn2c(=O)n(C)c(=O)c3sccc32)c(C)c1. The van der Waals surface area contributed by atoms with Crippen LogP contribution in [-0.4, -0.2) is 28.1 Å². The lowest BCUT2D eigenvalue weighted by atomic mass is 10.1. The van der Waals surface area contributed by atoms with Gasteiger partial charge >= 0.3 is 5.69 Å². The number of fused-ring (bicyclic) bond motifs is 1. The van der Waals surface area contributed by atoms with Crippen LogP contribution in [0.1, 0.15) is 19.4 Å². The highest BCUT2D eigenvalue weighted by molar-refractivity contribution is 7.17. The number of thiophene rings is 1. The zero-order valence-electron chi connectivity index (χ0n) is 16.5. The summed E-state index contributed by atoms with van der Waals surface area (Å²) in [7, 11) is 1.42. The van der Waals surface area contributed by atoms with Gasteiger partial charge in [-0.3, -0.25) is 18.7 Å². The average molecular weight is 401 g/mol. The summed E-state index contributed by atoms with van der Waals surface area (Å²) in [4.78, 5) is 39.5. The summed E-state index contributed by atoms with van der Waals surface area (Å²) < 4.78 is 2.84. The fourth-order valence-electron chi connectivity index (χ4n) is 3.26. The number of anilines is 2. The predicted octanol–water partition coefficient (Wildman–Crippen LogP) is 2.56. The molecule has 0 radical (unpaired) electrons. The van der Waals surface area contributed by atoms with E-state index in [0.29, 0.717) is 15.9 Å². The molecule has 2 heterocycles. The van der Waals surface area contributed by atoms with Gasteiger partial charge in [0.1, 0.15) is 11.2 Å². The number of benzene rings is 1. The molecule has 7 nitrogen and oxygen atoms in total. The van der Waals surface area contributed by atoms with Gasteiger partial charge in [-0.1, -0.05) is 0 Å². The van der Waals surface area contributed by atoms with E-state index in [1.54, 1.807) is 11.4 Å². The van der Waals surface area contributed by atoms with Crippen LogP contribution in [0.4, 0.5) is 11.4 Å². The van der Waals surface area contributed by atoms with Crippen molar-refractivity contribution in [3.63, 3.8) is 0 Å². The minimum absolute atomic E-state index is 0.155. The number of nitrogens with zero attached hydrogens (tertiary/aromatic N) is 3. The summed E-state index contributed by atoms with van der Waals surface area (Å²) >= 11 is 1.26. The van der Waals surface area contributed by atoms with Crippen LogP contribution < -0.4 is 21.5 Å². The maximum absolute atomic E-state index is 12.6. The largest absolute Gasteiger partial charge is 0.372 e. The smallest absolute Gasteiger partial charge is 0.331 e. The molecule has 0 aliphatic heterocycles. The molecule has 1 amide bonds. The van der Waals surface area contributed by atoms with Gasteiger partial charge in [0.05, 0.1) is 5.52 Å². The van der Waals surface area contributed by atoms with Crippen LogP contribution in [-0.2, 0) is 18.4 Å². The Hall–Kier alpha value is -2.87. The Balaban J connectivity index is 1.86. The van der Waals surface area contributed by atoms with Crippen molar-refractivity contribution in [1.82, 2.24) is 9.13 Å². The molecule has 148 valence electrons. The van der Waals surface area contributed by atoms with Gasteiger partial charge in [0.15, 0.2) is 0 Å². The number of aromatic nitrogens is 2.